The van der Waals surface area contributed by atoms with Gasteiger partial charge in [-0.1, -0.05) is 0 Å². The van der Waals surface area contributed by atoms with Crippen molar-refractivity contribution in [2.24, 2.45) is 5.92 Å². The molecule has 1 fully saturated rings. The Bertz CT molecular complexity index is 1220. The smallest absolute Gasteiger partial charge is 0.323 e. The average molecular weight is 462 g/mol. The standard InChI is InChI=1S/C20H14F4N6O3/c21-12-2-3-13(14(22)8-12)15-4-5-16(30(32)33)17(27-15)28-19(31)29-9-11(10-29)20(23,24)18-25-6-1-7-26-18/h1-8,11H,9-10H2,(H,27,28,31). The highest BCUT2D eigenvalue weighted by Gasteiger charge is 2.51. The summed E-state index contributed by atoms with van der Waals surface area (Å²) in [6, 6.07) is 5.34. The van der Waals surface area contributed by atoms with E-state index in [-0.39, 0.29) is 24.3 Å². The van der Waals surface area contributed by atoms with Crippen molar-refractivity contribution in [2.75, 3.05) is 18.4 Å². The monoisotopic (exact) mass is 462 g/mol. The van der Waals surface area contributed by atoms with Crippen LogP contribution in [0.4, 0.5) is 33.9 Å². The number of carbonyl (C=O) groups excluding carboxylic acids is 1. The fourth-order valence-corrected chi connectivity index (χ4v) is 3.25. The Morgan fingerprint density at radius 3 is 2.48 bits per heavy atom. The van der Waals surface area contributed by atoms with Crippen molar-refractivity contribution in [3.05, 3.63) is 76.4 Å². The first kappa shape index (κ1) is 22.0. The molecule has 0 atom stereocenters. The number of alkyl halides is 2. The molecule has 2 aromatic heterocycles. The number of nitro groups is 1. The van der Waals surface area contributed by atoms with Gasteiger partial charge in [0.1, 0.15) is 11.6 Å². The van der Waals surface area contributed by atoms with Gasteiger partial charge in [0, 0.05) is 43.2 Å². The van der Waals surface area contributed by atoms with E-state index < -0.39 is 51.8 Å². The van der Waals surface area contributed by atoms with Crippen LogP contribution >= 0.6 is 0 Å². The molecule has 4 rings (SSSR count). The van der Waals surface area contributed by atoms with Gasteiger partial charge < -0.3 is 4.90 Å². The summed E-state index contributed by atoms with van der Waals surface area (Å²) in [7, 11) is 0. The molecule has 33 heavy (non-hydrogen) atoms. The molecule has 1 aliphatic rings. The lowest BCUT2D eigenvalue weighted by molar-refractivity contribution is -0.384. The van der Waals surface area contributed by atoms with Gasteiger partial charge in [0.2, 0.25) is 5.82 Å². The zero-order chi connectivity index (χ0) is 23.8. The Morgan fingerprint density at radius 1 is 1.15 bits per heavy atom. The molecule has 1 aromatic carbocycles. The lowest BCUT2D eigenvalue weighted by Crippen LogP contribution is -2.57. The number of rotatable bonds is 5. The average Bonchev–Trinajstić information content (AvgIpc) is 2.73. The van der Waals surface area contributed by atoms with E-state index in [1.165, 1.54) is 18.5 Å². The summed E-state index contributed by atoms with van der Waals surface area (Å²) in [5.74, 6) is -7.56. The Kier molecular flexibility index (Phi) is 5.62. The number of hydrogen-bond acceptors (Lipinski definition) is 6. The number of nitrogens with zero attached hydrogens (tertiary/aromatic N) is 5. The number of amides is 2. The van der Waals surface area contributed by atoms with E-state index in [1.54, 1.807) is 0 Å². The highest BCUT2D eigenvalue weighted by molar-refractivity contribution is 5.91. The van der Waals surface area contributed by atoms with Gasteiger partial charge in [0.25, 0.3) is 0 Å². The summed E-state index contributed by atoms with van der Waals surface area (Å²) in [6.45, 7) is -0.700. The third-order valence-corrected chi connectivity index (χ3v) is 5.05. The highest BCUT2D eigenvalue weighted by Crippen LogP contribution is 2.39. The van der Waals surface area contributed by atoms with Crippen molar-refractivity contribution >= 4 is 17.5 Å². The van der Waals surface area contributed by atoms with Gasteiger partial charge in [-0.2, -0.15) is 8.78 Å². The van der Waals surface area contributed by atoms with Gasteiger partial charge in [0.15, 0.2) is 5.82 Å². The Labute approximate surface area is 183 Å². The van der Waals surface area contributed by atoms with E-state index in [0.717, 1.165) is 29.2 Å². The number of aromatic nitrogens is 3. The van der Waals surface area contributed by atoms with Crippen LogP contribution in [-0.4, -0.2) is 43.9 Å². The first-order chi connectivity index (χ1) is 15.7. The molecule has 0 bridgehead atoms. The van der Waals surface area contributed by atoms with Crippen LogP contribution in [0, 0.1) is 27.7 Å². The fraction of sp³-hybridized carbons (Fsp3) is 0.200. The summed E-state index contributed by atoms with van der Waals surface area (Å²) in [5, 5.41) is 13.5. The molecule has 0 saturated carbocycles. The predicted octanol–water partition coefficient (Wildman–Crippen LogP) is 3.98. The SMILES string of the molecule is O=C(Nc1nc(-c2ccc(F)cc2F)ccc1[N+](=O)[O-])N1CC(C(F)(F)c2ncccn2)C1. The number of pyridine rings is 1. The van der Waals surface area contributed by atoms with Gasteiger partial charge in [0.05, 0.1) is 16.5 Å². The molecule has 0 spiro atoms. The van der Waals surface area contributed by atoms with E-state index >= 15 is 0 Å². The van der Waals surface area contributed by atoms with Crippen molar-refractivity contribution < 1.29 is 27.3 Å². The molecule has 1 saturated heterocycles. The molecule has 1 aliphatic heterocycles. The molecular weight excluding hydrogens is 448 g/mol. The normalized spacial score (nSPS) is 14.0. The van der Waals surface area contributed by atoms with Gasteiger partial charge >= 0.3 is 17.6 Å². The number of benzene rings is 1. The van der Waals surface area contributed by atoms with Crippen LogP contribution < -0.4 is 5.32 Å². The second kappa shape index (κ2) is 8.41. The number of anilines is 1. The van der Waals surface area contributed by atoms with Crippen LogP contribution in [0.5, 0.6) is 0 Å². The van der Waals surface area contributed by atoms with Gasteiger partial charge in [-0.05, 0) is 24.3 Å². The summed E-state index contributed by atoms with van der Waals surface area (Å²) >= 11 is 0. The van der Waals surface area contributed by atoms with Crippen LogP contribution in [0.25, 0.3) is 11.3 Å². The molecule has 0 radical (unpaired) electrons. The number of carbonyl (C=O) groups is 1. The molecule has 1 N–H and O–H groups in total. The molecule has 3 aromatic rings. The van der Waals surface area contributed by atoms with Gasteiger partial charge in [-0.3, -0.25) is 15.4 Å². The molecule has 0 unspecified atom stereocenters. The molecule has 0 aliphatic carbocycles. The summed E-state index contributed by atoms with van der Waals surface area (Å²) in [5.41, 5.74) is -0.828. The van der Waals surface area contributed by atoms with E-state index in [4.69, 9.17) is 0 Å². The zero-order valence-electron chi connectivity index (χ0n) is 16.6. The summed E-state index contributed by atoms with van der Waals surface area (Å²) < 4.78 is 56.2. The summed E-state index contributed by atoms with van der Waals surface area (Å²) in [4.78, 5) is 35.0. The van der Waals surface area contributed by atoms with E-state index in [1.807, 2.05) is 0 Å². The molecule has 9 nitrogen and oxygen atoms in total. The Morgan fingerprint density at radius 2 is 1.85 bits per heavy atom. The van der Waals surface area contributed by atoms with Gasteiger partial charge in [-0.25, -0.2) is 28.5 Å². The molecule has 3 heterocycles. The lowest BCUT2D eigenvalue weighted by atomic mass is 9.92. The maximum absolute atomic E-state index is 14.5. The minimum atomic E-state index is -3.37. The number of hydrogen-bond donors (Lipinski definition) is 1. The van der Waals surface area contributed by atoms with Crippen LogP contribution in [0.2, 0.25) is 0 Å². The van der Waals surface area contributed by atoms with Crippen molar-refractivity contribution in [1.29, 1.82) is 0 Å². The van der Waals surface area contributed by atoms with Gasteiger partial charge in [-0.15, -0.1) is 0 Å². The molecular formula is C20H14F4N6O3. The maximum atomic E-state index is 14.5. The van der Waals surface area contributed by atoms with Crippen molar-refractivity contribution in [2.45, 2.75) is 5.92 Å². The van der Waals surface area contributed by atoms with Crippen LogP contribution in [0.1, 0.15) is 5.82 Å². The maximum Gasteiger partial charge on any atom is 0.323 e. The third-order valence-electron chi connectivity index (χ3n) is 5.05. The van der Waals surface area contributed by atoms with E-state index in [9.17, 15) is 32.5 Å². The quantitative estimate of drug-likeness (QED) is 0.349. The van der Waals surface area contributed by atoms with Crippen molar-refractivity contribution in [1.82, 2.24) is 19.9 Å². The topological polar surface area (TPSA) is 114 Å². The number of nitrogens with one attached hydrogen (secondary N) is 1. The fourth-order valence-electron chi connectivity index (χ4n) is 3.25. The number of likely N-dealkylation sites (tertiary alicyclic amines) is 1. The van der Waals surface area contributed by atoms with Crippen LogP contribution in [0.3, 0.4) is 0 Å². The van der Waals surface area contributed by atoms with Crippen LogP contribution in [0.15, 0.2) is 48.8 Å². The summed E-state index contributed by atoms with van der Waals surface area (Å²) in [6.07, 6.45) is 2.36. The second-order valence-electron chi connectivity index (χ2n) is 7.17. The first-order valence-corrected chi connectivity index (χ1v) is 9.49. The number of urea groups is 1. The van der Waals surface area contributed by atoms with Crippen molar-refractivity contribution in [3.8, 4) is 11.3 Å². The highest BCUT2D eigenvalue weighted by atomic mass is 19.3. The number of halogens is 4. The zero-order valence-corrected chi connectivity index (χ0v) is 16.6. The molecule has 170 valence electrons. The minimum Gasteiger partial charge on any atom is -0.323 e. The molecule has 13 heteroatoms. The van der Waals surface area contributed by atoms with Crippen LogP contribution in [-0.2, 0) is 5.92 Å². The lowest BCUT2D eigenvalue weighted by Gasteiger charge is -2.41. The first-order valence-electron chi connectivity index (χ1n) is 9.49. The Balaban J connectivity index is 1.51. The van der Waals surface area contributed by atoms with Crippen molar-refractivity contribution in [3.63, 3.8) is 0 Å². The largest absolute Gasteiger partial charge is 0.323 e. The minimum absolute atomic E-state index is 0.0948. The third kappa shape index (κ3) is 4.29. The Hall–Kier alpha value is -4.16. The second-order valence-corrected chi connectivity index (χ2v) is 7.17. The molecule has 2 amide bonds. The predicted molar refractivity (Wildman–Crippen MR) is 106 cm³/mol. The van der Waals surface area contributed by atoms with E-state index in [2.05, 4.69) is 20.3 Å². The van der Waals surface area contributed by atoms with E-state index in [0.29, 0.717) is 6.07 Å².